The van der Waals surface area contributed by atoms with E-state index in [-0.39, 0.29) is 11.4 Å². The topological polar surface area (TPSA) is 69.6 Å². The van der Waals surface area contributed by atoms with Crippen LogP contribution in [0, 0.1) is 23.2 Å². The lowest BCUT2D eigenvalue weighted by Gasteiger charge is -2.58. The van der Waals surface area contributed by atoms with Gasteiger partial charge >= 0.3 is 6.09 Å². The summed E-state index contributed by atoms with van der Waals surface area (Å²) in [6.45, 7) is 6.48. The minimum atomic E-state index is -0.965. The first kappa shape index (κ1) is 17.2. The molecule has 5 fully saturated rings. The van der Waals surface area contributed by atoms with Gasteiger partial charge in [0.1, 0.15) is 5.54 Å². The van der Waals surface area contributed by atoms with Gasteiger partial charge in [-0.25, -0.2) is 4.79 Å². The summed E-state index contributed by atoms with van der Waals surface area (Å²) in [5, 5.41) is 13.2. The summed E-state index contributed by atoms with van der Waals surface area (Å²) in [6, 6.07) is 0. The number of likely N-dealkylation sites (tertiary alicyclic amines) is 1. The molecule has 1 atom stereocenters. The van der Waals surface area contributed by atoms with Gasteiger partial charge in [-0.1, -0.05) is 20.8 Å². The zero-order valence-corrected chi connectivity index (χ0v) is 15.8. The highest BCUT2D eigenvalue weighted by molar-refractivity contribution is 5.91. The lowest BCUT2D eigenvalue weighted by molar-refractivity contribution is -0.143. The average Bonchev–Trinajstić information content (AvgIpc) is 2.90. The van der Waals surface area contributed by atoms with E-state index in [1.165, 1.54) is 24.2 Å². The molecular weight excluding hydrogens is 316 g/mol. The van der Waals surface area contributed by atoms with Gasteiger partial charge in [0, 0.05) is 12.1 Å². The molecule has 5 nitrogen and oxygen atoms in total. The quantitative estimate of drug-likeness (QED) is 0.800. The first-order valence-electron chi connectivity index (χ1n) is 9.98. The number of carbonyl (C=O) groups is 2. The number of carboxylic acid groups (broad SMARTS) is 1. The molecule has 0 spiro atoms. The first-order valence-corrected chi connectivity index (χ1v) is 9.98. The number of hydrogen-bond acceptors (Lipinski definition) is 2. The zero-order valence-electron chi connectivity index (χ0n) is 15.8. The summed E-state index contributed by atoms with van der Waals surface area (Å²) in [5.41, 5.74) is -1.44. The van der Waals surface area contributed by atoms with Crippen molar-refractivity contribution in [3.63, 3.8) is 0 Å². The van der Waals surface area contributed by atoms with Gasteiger partial charge in [-0.2, -0.15) is 0 Å². The largest absolute Gasteiger partial charge is 0.465 e. The van der Waals surface area contributed by atoms with E-state index in [9.17, 15) is 14.7 Å². The summed E-state index contributed by atoms with van der Waals surface area (Å²) in [6.07, 6.45) is 7.71. The molecule has 2 N–H and O–H groups in total. The molecule has 1 heterocycles. The minimum absolute atomic E-state index is 0.0400. The van der Waals surface area contributed by atoms with Crippen molar-refractivity contribution in [1.82, 2.24) is 10.2 Å². The average molecular weight is 348 g/mol. The van der Waals surface area contributed by atoms with E-state index in [2.05, 4.69) is 5.32 Å². The van der Waals surface area contributed by atoms with Crippen LogP contribution in [-0.2, 0) is 4.79 Å². The standard InChI is InChI=1S/C20H32N2O3/c1-18(2,3)20(5-4-6-22(20)17(24)25)16(23)21-19-10-13-7-14(11-19)9-15(8-13)12-19/h13-15H,4-12H2,1-3H3,(H,21,23)(H,24,25)/t13?,14?,15?,19?,20-/m0/s1. The molecule has 25 heavy (non-hydrogen) atoms. The smallest absolute Gasteiger partial charge is 0.408 e. The van der Waals surface area contributed by atoms with Gasteiger partial charge in [0.25, 0.3) is 0 Å². The van der Waals surface area contributed by atoms with E-state index in [0.29, 0.717) is 13.0 Å². The number of nitrogens with one attached hydrogen (secondary N) is 1. The molecule has 0 radical (unpaired) electrons. The Morgan fingerprint density at radius 3 is 2.00 bits per heavy atom. The fraction of sp³-hybridized carbons (Fsp3) is 0.900. The minimum Gasteiger partial charge on any atom is -0.465 e. The number of carbonyl (C=O) groups excluding carboxylic acids is 1. The Labute approximate surface area is 150 Å². The molecule has 4 aliphatic carbocycles. The van der Waals surface area contributed by atoms with Crippen molar-refractivity contribution in [2.75, 3.05) is 6.54 Å². The van der Waals surface area contributed by atoms with E-state index in [1.54, 1.807) is 0 Å². The molecule has 0 aromatic rings. The lowest BCUT2D eigenvalue weighted by atomic mass is 9.53. The number of amides is 2. The van der Waals surface area contributed by atoms with E-state index < -0.39 is 17.0 Å². The number of nitrogens with zero attached hydrogens (tertiary/aromatic N) is 1. The van der Waals surface area contributed by atoms with Crippen molar-refractivity contribution in [3.8, 4) is 0 Å². The molecule has 1 saturated heterocycles. The molecular formula is C20H32N2O3. The summed E-state index contributed by atoms with van der Waals surface area (Å²) >= 11 is 0. The van der Waals surface area contributed by atoms with Gasteiger partial charge in [0.05, 0.1) is 0 Å². The van der Waals surface area contributed by atoms with Crippen molar-refractivity contribution in [3.05, 3.63) is 0 Å². The normalized spacial score (nSPS) is 42.7. The Balaban J connectivity index is 1.63. The third-order valence-electron chi connectivity index (χ3n) is 7.65. The lowest BCUT2D eigenvalue weighted by Crippen LogP contribution is -2.69. The van der Waals surface area contributed by atoms with Crippen molar-refractivity contribution < 1.29 is 14.7 Å². The van der Waals surface area contributed by atoms with Gasteiger partial charge < -0.3 is 10.4 Å². The summed E-state index contributed by atoms with van der Waals surface area (Å²) < 4.78 is 0. The van der Waals surface area contributed by atoms with Crippen LogP contribution in [0.3, 0.4) is 0 Å². The SMILES string of the molecule is CC(C)(C)[C@@]1(C(=O)NC23CC4CC(CC(C4)C2)C3)CCCN1C(=O)O. The van der Waals surface area contributed by atoms with E-state index >= 15 is 0 Å². The summed E-state index contributed by atoms with van der Waals surface area (Å²) in [7, 11) is 0. The van der Waals surface area contributed by atoms with Crippen molar-refractivity contribution in [2.24, 2.45) is 23.2 Å². The van der Waals surface area contributed by atoms with E-state index in [0.717, 1.165) is 43.4 Å². The highest BCUT2D eigenvalue weighted by atomic mass is 16.4. The van der Waals surface area contributed by atoms with Crippen molar-refractivity contribution in [1.29, 1.82) is 0 Å². The third-order valence-corrected chi connectivity index (χ3v) is 7.65. The zero-order chi connectivity index (χ0) is 18.0. The van der Waals surface area contributed by atoms with Crippen molar-refractivity contribution >= 4 is 12.0 Å². The molecule has 1 aliphatic heterocycles. The Bertz CT molecular complexity index is 559. The molecule has 2 amide bonds. The molecule has 140 valence electrons. The fourth-order valence-electron chi connectivity index (χ4n) is 7.04. The number of rotatable bonds is 2. The molecule has 5 heteroatoms. The van der Waals surface area contributed by atoms with Gasteiger partial charge in [0.2, 0.25) is 5.91 Å². The van der Waals surface area contributed by atoms with Gasteiger partial charge in [-0.05, 0) is 74.5 Å². The molecule has 5 rings (SSSR count). The van der Waals surface area contributed by atoms with Gasteiger partial charge in [-0.15, -0.1) is 0 Å². The maximum absolute atomic E-state index is 13.6. The highest BCUT2D eigenvalue weighted by Crippen LogP contribution is 2.56. The second-order valence-electron chi connectivity index (χ2n) is 10.3. The monoisotopic (exact) mass is 348 g/mol. The van der Waals surface area contributed by atoms with Crippen molar-refractivity contribution in [2.45, 2.75) is 83.2 Å². The van der Waals surface area contributed by atoms with Crippen LogP contribution in [0.1, 0.15) is 72.1 Å². The third kappa shape index (κ3) is 2.48. The molecule has 0 unspecified atom stereocenters. The molecule has 0 aromatic heterocycles. The van der Waals surface area contributed by atoms with Crippen LogP contribution in [0.2, 0.25) is 0 Å². The Kier molecular flexibility index (Phi) is 3.69. The van der Waals surface area contributed by atoms with Crippen LogP contribution in [-0.4, -0.2) is 39.6 Å². The highest BCUT2D eigenvalue weighted by Gasteiger charge is 2.60. The van der Waals surface area contributed by atoms with Crippen LogP contribution >= 0.6 is 0 Å². The van der Waals surface area contributed by atoms with E-state index in [1.807, 2.05) is 20.8 Å². The number of hydrogen-bond donors (Lipinski definition) is 2. The second-order valence-corrected chi connectivity index (χ2v) is 10.3. The first-order chi connectivity index (χ1) is 11.7. The summed E-state index contributed by atoms with van der Waals surface area (Å²) in [5.74, 6) is 2.24. The maximum atomic E-state index is 13.6. The maximum Gasteiger partial charge on any atom is 0.408 e. The molecule has 4 bridgehead atoms. The molecule has 0 aromatic carbocycles. The fourth-order valence-corrected chi connectivity index (χ4v) is 7.04. The van der Waals surface area contributed by atoms with Crippen LogP contribution in [0.5, 0.6) is 0 Å². The Morgan fingerprint density at radius 1 is 1.04 bits per heavy atom. The van der Waals surface area contributed by atoms with Crippen LogP contribution in [0.25, 0.3) is 0 Å². The van der Waals surface area contributed by atoms with Crippen LogP contribution in [0.15, 0.2) is 0 Å². The molecule has 5 aliphatic rings. The predicted octanol–water partition coefficient (Wildman–Crippen LogP) is 3.63. The van der Waals surface area contributed by atoms with Crippen LogP contribution < -0.4 is 5.32 Å². The van der Waals surface area contributed by atoms with Crippen LogP contribution in [0.4, 0.5) is 4.79 Å². The Hall–Kier alpha value is -1.26. The van der Waals surface area contributed by atoms with Gasteiger partial charge in [-0.3, -0.25) is 9.69 Å². The Morgan fingerprint density at radius 2 is 1.56 bits per heavy atom. The van der Waals surface area contributed by atoms with E-state index in [4.69, 9.17) is 0 Å². The second kappa shape index (κ2) is 5.37. The molecule has 4 saturated carbocycles. The summed E-state index contributed by atoms with van der Waals surface area (Å²) in [4.78, 5) is 26.9. The van der Waals surface area contributed by atoms with Gasteiger partial charge in [0.15, 0.2) is 0 Å². The predicted molar refractivity (Wildman–Crippen MR) is 95.2 cm³/mol.